The average molecular weight is 333 g/mol. The zero-order chi connectivity index (χ0) is 17.4. The van der Waals surface area contributed by atoms with Crippen LogP contribution in [0.1, 0.15) is 68.7 Å². The Kier molecular flexibility index (Phi) is 8.23. The predicted octanol–water partition coefficient (Wildman–Crippen LogP) is 4.30. The maximum Gasteiger partial charge on any atom is 0.0855 e. The Balaban J connectivity index is 1.82. The summed E-state index contributed by atoms with van der Waals surface area (Å²) in [5.74, 6) is 0.629. The fraction of sp³-hybridized carbons (Fsp3) is 0.714. The summed E-state index contributed by atoms with van der Waals surface area (Å²) in [7, 11) is 1.86. The first-order valence-electron chi connectivity index (χ1n) is 9.80. The van der Waals surface area contributed by atoms with E-state index < -0.39 is 0 Å². The molecule has 0 aliphatic heterocycles. The molecule has 2 atom stereocenters. The van der Waals surface area contributed by atoms with Crippen LogP contribution >= 0.6 is 0 Å². The largest absolute Gasteiger partial charge is 0.376 e. The Hall–Kier alpha value is -0.900. The molecular weight excluding hydrogens is 296 g/mol. The number of hydrogen-bond donors (Lipinski definition) is 1. The molecule has 0 heterocycles. The van der Waals surface area contributed by atoms with Crippen LogP contribution in [0.2, 0.25) is 0 Å². The van der Waals surface area contributed by atoms with Gasteiger partial charge >= 0.3 is 0 Å². The molecule has 1 aromatic carbocycles. The number of fused-ring (bicyclic) bond motifs is 1. The smallest absolute Gasteiger partial charge is 0.0855 e. The number of ether oxygens (including phenoxy) is 1. The van der Waals surface area contributed by atoms with E-state index in [1.165, 1.54) is 68.4 Å². The minimum Gasteiger partial charge on any atom is -0.376 e. The normalized spacial score (nSPS) is 19.9. The van der Waals surface area contributed by atoms with Crippen LogP contribution in [0.15, 0.2) is 18.2 Å². The van der Waals surface area contributed by atoms with Crippen LogP contribution in [0.25, 0.3) is 0 Å². The molecule has 0 saturated heterocycles. The molecule has 1 aromatic rings. The summed E-state index contributed by atoms with van der Waals surface area (Å²) in [6, 6.07) is 6.67. The molecule has 2 unspecified atom stereocenters. The zero-order valence-electron chi connectivity index (χ0n) is 15.9. The standard InChI is InChI=1S/C21H36N2O/c1-4-11-23(12-5-2)13-7-6-8-18-15-19-14-17(16-22)9-10-20(19)21(18)24-3/h9-10,14,18,21H,4-8,11-13,15-16,22H2,1-3H3. The Morgan fingerprint density at radius 2 is 1.88 bits per heavy atom. The quantitative estimate of drug-likeness (QED) is 0.614. The SMILES string of the molecule is CCCN(CCC)CCCCC1Cc2cc(CN)ccc2C1OC. The van der Waals surface area contributed by atoms with Gasteiger partial charge in [0, 0.05) is 13.7 Å². The van der Waals surface area contributed by atoms with Gasteiger partial charge in [-0.1, -0.05) is 38.5 Å². The Morgan fingerprint density at radius 3 is 2.50 bits per heavy atom. The maximum absolute atomic E-state index is 5.84. The molecule has 2 rings (SSSR count). The van der Waals surface area contributed by atoms with E-state index in [1.54, 1.807) is 0 Å². The fourth-order valence-electron chi connectivity index (χ4n) is 4.17. The molecule has 3 heteroatoms. The van der Waals surface area contributed by atoms with Crippen LogP contribution < -0.4 is 5.73 Å². The third-order valence-electron chi connectivity index (χ3n) is 5.29. The van der Waals surface area contributed by atoms with Crippen molar-refractivity contribution in [3.63, 3.8) is 0 Å². The van der Waals surface area contributed by atoms with Crippen molar-refractivity contribution in [2.45, 2.75) is 65.0 Å². The van der Waals surface area contributed by atoms with Gasteiger partial charge in [0.15, 0.2) is 0 Å². The van der Waals surface area contributed by atoms with Crippen LogP contribution in [0.4, 0.5) is 0 Å². The lowest BCUT2D eigenvalue weighted by Gasteiger charge is -2.22. The molecule has 0 saturated carbocycles. The molecule has 136 valence electrons. The van der Waals surface area contributed by atoms with Crippen LogP contribution in [0.3, 0.4) is 0 Å². The molecule has 0 amide bonds. The summed E-state index contributed by atoms with van der Waals surface area (Å²) >= 11 is 0. The number of nitrogens with zero attached hydrogens (tertiary/aromatic N) is 1. The highest BCUT2D eigenvalue weighted by molar-refractivity contribution is 5.38. The van der Waals surface area contributed by atoms with Crippen molar-refractivity contribution in [1.29, 1.82) is 0 Å². The first-order chi connectivity index (χ1) is 11.7. The number of nitrogens with two attached hydrogens (primary N) is 1. The topological polar surface area (TPSA) is 38.5 Å². The average Bonchev–Trinajstić information content (AvgIpc) is 2.95. The van der Waals surface area contributed by atoms with Gasteiger partial charge in [0.1, 0.15) is 0 Å². The van der Waals surface area contributed by atoms with Crippen LogP contribution in [0.5, 0.6) is 0 Å². The Morgan fingerprint density at radius 1 is 1.12 bits per heavy atom. The van der Waals surface area contributed by atoms with Crippen molar-refractivity contribution >= 4 is 0 Å². The van der Waals surface area contributed by atoms with Crippen molar-refractivity contribution in [1.82, 2.24) is 4.90 Å². The second-order valence-corrected chi connectivity index (χ2v) is 7.20. The lowest BCUT2D eigenvalue weighted by molar-refractivity contribution is 0.0579. The van der Waals surface area contributed by atoms with Gasteiger partial charge in [-0.3, -0.25) is 0 Å². The fourth-order valence-corrected chi connectivity index (χ4v) is 4.17. The van der Waals surface area contributed by atoms with Crippen LogP contribution in [0, 0.1) is 5.92 Å². The van der Waals surface area contributed by atoms with E-state index in [-0.39, 0.29) is 6.10 Å². The van der Waals surface area contributed by atoms with Gasteiger partial charge in [-0.2, -0.15) is 0 Å². The number of benzene rings is 1. The lowest BCUT2D eigenvalue weighted by atomic mass is 9.96. The highest BCUT2D eigenvalue weighted by atomic mass is 16.5. The van der Waals surface area contributed by atoms with E-state index in [1.807, 2.05) is 7.11 Å². The van der Waals surface area contributed by atoms with Crippen LogP contribution in [-0.4, -0.2) is 31.6 Å². The van der Waals surface area contributed by atoms with E-state index in [2.05, 4.69) is 36.9 Å². The van der Waals surface area contributed by atoms with Crippen molar-refractivity contribution < 1.29 is 4.74 Å². The van der Waals surface area contributed by atoms with Crippen LogP contribution in [-0.2, 0) is 17.7 Å². The number of hydrogen-bond acceptors (Lipinski definition) is 3. The summed E-state index contributed by atoms with van der Waals surface area (Å²) in [5.41, 5.74) is 9.86. The van der Waals surface area contributed by atoms with Gasteiger partial charge in [-0.05, 0) is 74.3 Å². The molecule has 1 aliphatic carbocycles. The third kappa shape index (κ3) is 5.05. The molecular formula is C21H36N2O. The predicted molar refractivity (Wildman–Crippen MR) is 102 cm³/mol. The Bertz CT molecular complexity index is 483. The van der Waals surface area contributed by atoms with E-state index in [0.29, 0.717) is 12.5 Å². The lowest BCUT2D eigenvalue weighted by Crippen LogP contribution is -2.26. The molecule has 0 aromatic heterocycles. The molecule has 0 radical (unpaired) electrons. The zero-order valence-corrected chi connectivity index (χ0v) is 15.9. The van der Waals surface area contributed by atoms with Gasteiger partial charge in [-0.25, -0.2) is 0 Å². The second-order valence-electron chi connectivity index (χ2n) is 7.20. The molecule has 24 heavy (non-hydrogen) atoms. The highest BCUT2D eigenvalue weighted by Crippen LogP contribution is 2.41. The highest BCUT2D eigenvalue weighted by Gasteiger charge is 2.32. The summed E-state index contributed by atoms with van der Waals surface area (Å²) in [5, 5.41) is 0. The molecule has 2 N–H and O–H groups in total. The van der Waals surface area contributed by atoms with Crippen molar-refractivity contribution in [3.8, 4) is 0 Å². The minimum absolute atomic E-state index is 0.272. The number of methoxy groups -OCH3 is 1. The first-order valence-corrected chi connectivity index (χ1v) is 9.80. The minimum atomic E-state index is 0.272. The van der Waals surface area contributed by atoms with Crippen molar-refractivity contribution in [3.05, 3.63) is 34.9 Å². The monoisotopic (exact) mass is 332 g/mol. The van der Waals surface area contributed by atoms with E-state index in [0.717, 1.165) is 6.42 Å². The summed E-state index contributed by atoms with van der Waals surface area (Å²) in [4.78, 5) is 2.62. The second kappa shape index (κ2) is 10.2. The molecule has 1 aliphatic rings. The van der Waals surface area contributed by atoms with E-state index in [9.17, 15) is 0 Å². The van der Waals surface area contributed by atoms with Gasteiger partial charge in [0.25, 0.3) is 0 Å². The number of unbranched alkanes of at least 4 members (excludes halogenated alkanes) is 1. The molecule has 0 spiro atoms. The maximum atomic E-state index is 5.84. The van der Waals surface area contributed by atoms with Crippen molar-refractivity contribution in [2.24, 2.45) is 11.7 Å². The van der Waals surface area contributed by atoms with Gasteiger partial charge < -0.3 is 15.4 Å². The van der Waals surface area contributed by atoms with Gasteiger partial charge in [-0.15, -0.1) is 0 Å². The molecule has 3 nitrogen and oxygen atoms in total. The number of rotatable bonds is 11. The first kappa shape index (κ1) is 19.4. The summed E-state index contributed by atoms with van der Waals surface area (Å²) < 4.78 is 5.84. The van der Waals surface area contributed by atoms with Gasteiger partial charge in [0.05, 0.1) is 6.10 Å². The summed E-state index contributed by atoms with van der Waals surface area (Å²) in [6.07, 6.45) is 7.80. The van der Waals surface area contributed by atoms with Crippen molar-refractivity contribution in [2.75, 3.05) is 26.7 Å². The van der Waals surface area contributed by atoms with E-state index in [4.69, 9.17) is 10.5 Å². The Labute approximate surface area is 148 Å². The van der Waals surface area contributed by atoms with Gasteiger partial charge in [0.2, 0.25) is 0 Å². The van der Waals surface area contributed by atoms with E-state index >= 15 is 0 Å². The molecule has 0 bridgehead atoms. The molecule has 0 fully saturated rings. The third-order valence-corrected chi connectivity index (χ3v) is 5.29. The summed E-state index contributed by atoms with van der Waals surface area (Å²) in [6.45, 7) is 8.90.